The molecule has 2 aromatic heterocycles. The number of hydrogen-bond acceptors (Lipinski definition) is 6. The van der Waals surface area contributed by atoms with Gasteiger partial charge in [-0.05, 0) is 50.8 Å². The van der Waals surface area contributed by atoms with E-state index < -0.39 is 0 Å². The first-order valence-corrected chi connectivity index (χ1v) is 10.2. The number of likely N-dealkylation sites (tertiary alicyclic amines) is 2. The van der Waals surface area contributed by atoms with Crippen molar-refractivity contribution < 1.29 is 9.53 Å². The largest absolute Gasteiger partial charge is 0.436 e. The molecule has 28 heavy (non-hydrogen) atoms. The van der Waals surface area contributed by atoms with Gasteiger partial charge < -0.3 is 9.64 Å². The molecular weight excluding hydrogens is 354 g/mol. The summed E-state index contributed by atoms with van der Waals surface area (Å²) in [5.74, 6) is 1.66. The third-order valence-corrected chi connectivity index (χ3v) is 5.48. The first kappa shape index (κ1) is 18.8. The van der Waals surface area contributed by atoms with Gasteiger partial charge in [-0.2, -0.15) is 0 Å². The number of piperidine rings is 2. The number of amides is 1. The Morgan fingerprint density at radius 2 is 1.96 bits per heavy atom. The van der Waals surface area contributed by atoms with Crippen LogP contribution < -0.4 is 4.74 Å². The van der Waals surface area contributed by atoms with Crippen molar-refractivity contribution in [3.05, 3.63) is 42.6 Å². The summed E-state index contributed by atoms with van der Waals surface area (Å²) in [4.78, 5) is 29.9. The average molecular weight is 381 g/mol. The summed E-state index contributed by atoms with van der Waals surface area (Å²) in [5, 5.41) is 0. The third kappa shape index (κ3) is 4.84. The summed E-state index contributed by atoms with van der Waals surface area (Å²) in [6, 6.07) is 3.67. The lowest BCUT2D eigenvalue weighted by atomic mass is 9.95. The van der Waals surface area contributed by atoms with Gasteiger partial charge in [0.25, 0.3) is 0 Å². The maximum atomic E-state index is 12.6. The zero-order valence-electron chi connectivity index (χ0n) is 16.2. The van der Waals surface area contributed by atoms with Crippen LogP contribution in [0.2, 0.25) is 0 Å². The van der Waals surface area contributed by atoms with Crippen LogP contribution in [0.25, 0.3) is 0 Å². The molecule has 0 spiro atoms. The van der Waals surface area contributed by atoms with Gasteiger partial charge >= 0.3 is 0 Å². The molecule has 0 aliphatic carbocycles. The van der Waals surface area contributed by atoms with Crippen LogP contribution in [-0.2, 0) is 4.79 Å². The Bertz CT molecular complexity index is 779. The zero-order chi connectivity index (χ0) is 19.2. The van der Waals surface area contributed by atoms with E-state index in [1.165, 1.54) is 6.42 Å². The number of hydrogen-bond donors (Lipinski definition) is 0. The Morgan fingerprint density at radius 3 is 2.79 bits per heavy atom. The van der Waals surface area contributed by atoms with Gasteiger partial charge in [-0.15, -0.1) is 0 Å². The van der Waals surface area contributed by atoms with Crippen LogP contribution in [0.5, 0.6) is 11.6 Å². The summed E-state index contributed by atoms with van der Waals surface area (Å²) in [7, 11) is 0. The van der Waals surface area contributed by atoms with E-state index in [-0.39, 0.29) is 11.8 Å². The van der Waals surface area contributed by atoms with Crippen molar-refractivity contribution in [1.82, 2.24) is 24.8 Å². The molecule has 0 unspecified atom stereocenters. The second-order valence-corrected chi connectivity index (χ2v) is 7.59. The molecule has 2 saturated heterocycles. The molecule has 0 bridgehead atoms. The van der Waals surface area contributed by atoms with Gasteiger partial charge in [0, 0.05) is 37.9 Å². The maximum absolute atomic E-state index is 12.6. The van der Waals surface area contributed by atoms with E-state index in [2.05, 4.69) is 19.9 Å². The SMILES string of the molecule is O=C(CN1CCC[C@H](c2cncc(Oc3cccnc3)n2)C1)N1CCCCC1. The smallest absolute Gasteiger partial charge is 0.238 e. The van der Waals surface area contributed by atoms with Crippen LogP contribution in [0.4, 0.5) is 0 Å². The van der Waals surface area contributed by atoms with Crippen LogP contribution in [0.15, 0.2) is 36.9 Å². The Morgan fingerprint density at radius 1 is 1.07 bits per heavy atom. The second-order valence-electron chi connectivity index (χ2n) is 7.59. The van der Waals surface area contributed by atoms with Crippen molar-refractivity contribution in [2.45, 2.75) is 38.0 Å². The van der Waals surface area contributed by atoms with Gasteiger partial charge in [0.2, 0.25) is 11.8 Å². The molecule has 7 nitrogen and oxygen atoms in total. The number of pyridine rings is 1. The molecule has 0 saturated carbocycles. The molecule has 0 radical (unpaired) electrons. The lowest BCUT2D eigenvalue weighted by molar-refractivity contribution is -0.133. The summed E-state index contributed by atoms with van der Waals surface area (Å²) < 4.78 is 5.77. The van der Waals surface area contributed by atoms with Crippen molar-refractivity contribution >= 4 is 5.91 Å². The van der Waals surface area contributed by atoms with Gasteiger partial charge in [-0.1, -0.05) is 0 Å². The molecular formula is C21H27N5O2. The maximum Gasteiger partial charge on any atom is 0.238 e. The summed E-state index contributed by atoms with van der Waals surface area (Å²) in [5.41, 5.74) is 0.927. The third-order valence-electron chi connectivity index (χ3n) is 5.48. The highest BCUT2D eigenvalue weighted by atomic mass is 16.5. The molecule has 2 fully saturated rings. The molecule has 0 aromatic carbocycles. The van der Waals surface area contributed by atoms with Crippen molar-refractivity contribution in [1.29, 1.82) is 0 Å². The van der Waals surface area contributed by atoms with Crippen molar-refractivity contribution in [3.63, 3.8) is 0 Å². The number of carbonyl (C=O) groups is 1. The van der Waals surface area contributed by atoms with Crippen LogP contribution >= 0.6 is 0 Å². The fraction of sp³-hybridized carbons (Fsp3) is 0.524. The summed E-state index contributed by atoms with van der Waals surface area (Å²) in [6.07, 6.45) is 12.4. The number of ether oxygens (including phenoxy) is 1. The number of aromatic nitrogens is 3. The minimum absolute atomic E-state index is 0.264. The molecule has 148 valence electrons. The second kappa shape index (κ2) is 9.10. The Hall–Kier alpha value is -2.54. The number of carbonyl (C=O) groups excluding carboxylic acids is 1. The van der Waals surface area contributed by atoms with E-state index in [4.69, 9.17) is 4.74 Å². The highest BCUT2D eigenvalue weighted by Gasteiger charge is 2.26. The van der Waals surface area contributed by atoms with Crippen LogP contribution in [0, 0.1) is 0 Å². The van der Waals surface area contributed by atoms with E-state index >= 15 is 0 Å². The molecule has 2 aliphatic heterocycles. The zero-order valence-corrected chi connectivity index (χ0v) is 16.2. The highest BCUT2D eigenvalue weighted by Crippen LogP contribution is 2.27. The Kier molecular flexibility index (Phi) is 6.11. The molecule has 2 aliphatic rings. The molecule has 7 heteroatoms. The lowest BCUT2D eigenvalue weighted by Crippen LogP contribution is -2.45. The monoisotopic (exact) mass is 381 g/mol. The molecule has 0 N–H and O–H groups in total. The minimum Gasteiger partial charge on any atom is -0.436 e. The van der Waals surface area contributed by atoms with E-state index in [9.17, 15) is 4.79 Å². The minimum atomic E-state index is 0.264. The normalized spacial score (nSPS) is 20.7. The Balaban J connectivity index is 1.37. The van der Waals surface area contributed by atoms with Gasteiger partial charge in [-0.3, -0.25) is 19.7 Å². The fourth-order valence-electron chi connectivity index (χ4n) is 4.01. The first-order valence-electron chi connectivity index (χ1n) is 10.2. The topological polar surface area (TPSA) is 71.5 Å². The lowest BCUT2D eigenvalue weighted by Gasteiger charge is -2.34. The molecule has 4 rings (SSSR count). The van der Waals surface area contributed by atoms with Crippen molar-refractivity contribution in [2.75, 3.05) is 32.7 Å². The Labute approximate surface area is 165 Å². The van der Waals surface area contributed by atoms with Gasteiger partial charge in [0.15, 0.2) is 0 Å². The molecule has 2 aromatic rings. The molecule has 4 heterocycles. The van der Waals surface area contributed by atoms with Crippen molar-refractivity contribution in [2.24, 2.45) is 0 Å². The summed E-state index contributed by atoms with van der Waals surface area (Å²) in [6.45, 7) is 4.14. The van der Waals surface area contributed by atoms with Crippen LogP contribution in [-0.4, -0.2) is 63.4 Å². The van der Waals surface area contributed by atoms with Crippen molar-refractivity contribution in [3.8, 4) is 11.6 Å². The molecule has 1 atom stereocenters. The van der Waals surface area contributed by atoms with Crippen LogP contribution in [0.3, 0.4) is 0 Å². The van der Waals surface area contributed by atoms with E-state index in [1.54, 1.807) is 18.6 Å². The quantitative estimate of drug-likeness (QED) is 0.793. The van der Waals surface area contributed by atoms with Crippen LogP contribution in [0.1, 0.15) is 43.7 Å². The van der Waals surface area contributed by atoms with E-state index in [1.807, 2.05) is 23.2 Å². The van der Waals surface area contributed by atoms with Gasteiger partial charge in [0.05, 0.1) is 24.6 Å². The molecule has 1 amide bonds. The number of nitrogens with zero attached hydrogens (tertiary/aromatic N) is 5. The number of rotatable bonds is 5. The van der Waals surface area contributed by atoms with E-state index in [0.29, 0.717) is 18.2 Å². The van der Waals surface area contributed by atoms with Gasteiger partial charge in [0.1, 0.15) is 5.75 Å². The standard InChI is InChI=1S/C21H27N5O2/c27-21(26-10-2-1-3-11-26)16-25-9-5-6-17(15-25)19-13-23-14-20(24-19)28-18-7-4-8-22-12-18/h4,7-8,12-14,17H,1-3,5-6,9-11,15-16H2/t17-/m0/s1. The van der Waals surface area contributed by atoms with E-state index in [0.717, 1.165) is 57.6 Å². The fourth-order valence-corrected chi connectivity index (χ4v) is 4.01. The highest BCUT2D eigenvalue weighted by molar-refractivity contribution is 5.78. The average Bonchev–Trinajstić information content (AvgIpc) is 2.75. The first-order chi connectivity index (χ1) is 13.8. The van der Waals surface area contributed by atoms with Gasteiger partial charge in [-0.25, -0.2) is 4.98 Å². The summed E-state index contributed by atoms with van der Waals surface area (Å²) >= 11 is 0. The predicted octanol–water partition coefficient (Wildman–Crippen LogP) is 2.86. The predicted molar refractivity (Wildman–Crippen MR) is 105 cm³/mol.